The summed E-state index contributed by atoms with van der Waals surface area (Å²) < 4.78 is 16.0. The molecule has 7 heteroatoms. The number of hydrogen-bond acceptors (Lipinski definition) is 6. The number of nitrogens with zero attached hydrogens (tertiary/aromatic N) is 2. The first-order valence-electron chi connectivity index (χ1n) is 9.51. The predicted molar refractivity (Wildman–Crippen MR) is 109 cm³/mol. The predicted octanol–water partition coefficient (Wildman–Crippen LogP) is 3.66. The monoisotopic (exact) mass is 396 g/mol. The van der Waals surface area contributed by atoms with Crippen LogP contribution < -0.4 is 14.2 Å². The zero-order chi connectivity index (χ0) is 20.8. The number of amides is 1. The fraction of sp³-hybridized carbons (Fsp3) is 0.318. The van der Waals surface area contributed by atoms with Gasteiger partial charge in [0.15, 0.2) is 11.5 Å². The number of methoxy groups -OCH3 is 1. The lowest BCUT2D eigenvalue weighted by Crippen LogP contribution is -2.32. The van der Waals surface area contributed by atoms with Crippen molar-refractivity contribution in [3.05, 3.63) is 53.6 Å². The maximum atomic E-state index is 12.8. The summed E-state index contributed by atoms with van der Waals surface area (Å²) in [6.07, 6.45) is 1.58. The van der Waals surface area contributed by atoms with E-state index in [1.165, 1.54) is 11.9 Å². The summed E-state index contributed by atoms with van der Waals surface area (Å²) in [7, 11) is 1.60. The van der Waals surface area contributed by atoms with Gasteiger partial charge in [-0.1, -0.05) is 0 Å². The summed E-state index contributed by atoms with van der Waals surface area (Å²) in [5, 5.41) is 6.05. The Bertz CT molecular complexity index is 921. The highest BCUT2D eigenvalue weighted by molar-refractivity contribution is 6.03. The van der Waals surface area contributed by atoms with E-state index in [1.54, 1.807) is 31.4 Å². The van der Waals surface area contributed by atoms with Crippen LogP contribution in [0.2, 0.25) is 0 Å². The van der Waals surface area contributed by atoms with Crippen molar-refractivity contribution in [2.75, 3.05) is 20.3 Å². The lowest BCUT2D eigenvalue weighted by atomic mass is 10.0. The van der Waals surface area contributed by atoms with E-state index in [4.69, 9.17) is 14.2 Å². The molecule has 1 aliphatic rings. The summed E-state index contributed by atoms with van der Waals surface area (Å²) in [5.74, 6) is 1.11. The van der Waals surface area contributed by atoms with Crippen LogP contribution in [0.25, 0.3) is 0 Å². The molecule has 0 saturated carbocycles. The molecule has 1 aliphatic heterocycles. The maximum Gasteiger partial charge on any atom is 0.308 e. The van der Waals surface area contributed by atoms with E-state index in [0.29, 0.717) is 36.0 Å². The Labute approximate surface area is 169 Å². The van der Waals surface area contributed by atoms with E-state index in [0.717, 1.165) is 24.1 Å². The van der Waals surface area contributed by atoms with Crippen LogP contribution >= 0.6 is 0 Å². The molecule has 0 radical (unpaired) electrons. The van der Waals surface area contributed by atoms with Gasteiger partial charge >= 0.3 is 5.97 Å². The van der Waals surface area contributed by atoms with Crippen LogP contribution in [0.4, 0.5) is 0 Å². The third-order valence-electron chi connectivity index (χ3n) is 4.42. The van der Waals surface area contributed by atoms with Gasteiger partial charge in [0.1, 0.15) is 5.75 Å². The molecule has 3 rings (SSSR count). The first-order valence-corrected chi connectivity index (χ1v) is 9.51. The van der Waals surface area contributed by atoms with Crippen molar-refractivity contribution in [3.8, 4) is 17.2 Å². The average molecular weight is 396 g/mol. The third kappa shape index (κ3) is 4.93. The number of ether oxygens (including phenoxy) is 3. The van der Waals surface area contributed by atoms with Crippen molar-refractivity contribution in [2.45, 2.75) is 26.7 Å². The smallest absolute Gasteiger partial charge is 0.308 e. The number of benzene rings is 2. The van der Waals surface area contributed by atoms with E-state index in [9.17, 15) is 9.59 Å². The van der Waals surface area contributed by atoms with Gasteiger partial charge in [0, 0.05) is 24.6 Å². The molecule has 1 amide bonds. The Balaban J connectivity index is 1.81. The van der Waals surface area contributed by atoms with E-state index in [-0.39, 0.29) is 5.91 Å². The molecular formula is C22H24N2O5. The number of hydrazone groups is 1. The molecule has 0 aromatic heterocycles. The van der Waals surface area contributed by atoms with Gasteiger partial charge in [-0.2, -0.15) is 5.10 Å². The number of carbonyl (C=O) groups is 2. The minimum atomic E-state index is -0.403. The Morgan fingerprint density at radius 1 is 1.10 bits per heavy atom. The lowest BCUT2D eigenvalue weighted by Gasteiger charge is -2.24. The molecular weight excluding hydrogens is 372 g/mol. The van der Waals surface area contributed by atoms with E-state index >= 15 is 0 Å². The molecule has 0 bridgehead atoms. The third-order valence-corrected chi connectivity index (χ3v) is 4.42. The van der Waals surface area contributed by atoms with Crippen LogP contribution in [0, 0.1) is 0 Å². The highest BCUT2D eigenvalue weighted by Gasteiger charge is 2.21. The number of rotatable bonds is 6. The molecule has 7 nitrogen and oxygen atoms in total. The fourth-order valence-electron chi connectivity index (χ4n) is 3.10. The minimum absolute atomic E-state index is 0.199. The second-order valence-corrected chi connectivity index (χ2v) is 6.50. The summed E-state index contributed by atoms with van der Waals surface area (Å²) >= 11 is 0. The molecule has 0 aliphatic carbocycles. The first-order chi connectivity index (χ1) is 14.0. The summed E-state index contributed by atoms with van der Waals surface area (Å²) in [4.78, 5) is 23.9. The van der Waals surface area contributed by atoms with E-state index < -0.39 is 5.97 Å². The van der Waals surface area contributed by atoms with Crippen LogP contribution in [0.5, 0.6) is 17.2 Å². The van der Waals surface area contributed by atoms with Gasteiger partial charge in [-0.15, -0.1) is 0 Å². The molecule has 1 heterocycles. The second kappa shape index (κ2) is 9.23. The van der Waals surface area contributed by atoms with Crippen LogP contribution in [0.15, 0.2) is 47.6 Å². The van der Waals surface area contributed by atoms with Crippen molar-refractivity contribution in [1.29, 1.82) is 0 Å². The highest BCUT2D eigenvalue weighted by atomic mass is 16.5. The van der Waals surface area contributed by atoms with Crippen LogP contribution in [0.3, 0.4) is 0 Å². The summed E-state index contributed by atoms with van der Waals surface area (Å²) in [5.41, 5.74) is 2.21. The molecule has 0 unspecified atom stereocenters. The SMILES string of the molecule is CCOc1cc(C2=NN(C(=O)c3ccc(OC(C)=O)cc3)CCC2)ccc1OC. The molecule has 0 atom stereocenters. The van der Waals surface area contributed by atoms with Crippen molar-refractivity contribution < 1.29 is 23.8 Å². The lowest BCUT2D eigenvalue weighted by molar-refractivity contribution is -0.131. The largest absolute Gasteiger partial charge is 0.493 e. The molecule has 2 aromatic rings. The second-order valence-electron chi connectivity index (χ2n) is 6.50. The van der Waals surface area contributed by atoms with Crippen LogP contribution in [0.1, 0.15) is 42.6 Å². The topological polar surface area (TPSA) is 77.4 Å². The Kier molecular flexibility index (Phi) is 6.49. The number of esters is 1. The quantitative estimate of drug-likeness (QED) is 0.550. The van der Waals surface area contributed by atoms with Gasteiger partial charge in [0.2, 0.25) is 0 Å². The summed E-state index contributed by atoms with van der Waals surface area (Å²) in [6, 6.07) is 12.1. The van der Waals surface area contributed by atoms with Crippen LogP contribution in [-0.4, -0.2) is 42.9 Å². The Morgan fingerprint density at radius 3 is 2.52 bits per heavy atom. The molecule has 0 spiro atoms. The van der Waals surface area contributed by atoms with Gasteiger partial charge in [-0.25, -0.2) is 5.01 Å². The average Bonchev–Trinajstić information content (AvgIpc) is 2.73. The first kappa shape index (κ1) is 20.4. The number of carbonyl (C=O) groups excluding carboxylic acids is 2. The zero-order valence-corrected chi connectivity index (χ0v) is 16.8. The molecule has 29 heavy (non-hydrogen) atoms. The van der Waals surface area contributed by atoms with Crippen molar-refractivity contribution in [3.63, 3.8) is 0 Å². The highest BCUT2D eigenvalue weighted by Crippen LogP contribution is 2.29. The van der Waals surface area contributed by atoms with Gasteiger partial charge in [0.05, 0.1) is 19.4 Å². The van der Waals surface area contributed by atoms with Gasteiger partial charge in [-0.05, 0) is 62.2 Å². The van der Waals surface area contributed by atoms with Gasteiger partial charge in [0.25, 0.3) is 5.91 Å². The van der Waals surface area contributed by atoms with Gasteiger partial charge in [-0.3, -0.25) is 9.59 Å². The van der Waals surface area contributed by atoms with Crippen molar-refractivity contribution in [2.24, 2.45) is 5.10 Å². The van der Waals surface area contributed by atoms with Crippen molar-refractivity contribution >= 4 is 17.6 Å². The zero-order valence-electron chi connectivity index (χ0n) is 16.8. The molecule has 0 fully saturated rings. The molecule has 0 N–H and O–H groups in total. The molecule has 0 saturated heterocycles. The normalized spacial score (nSPS) is 13.5. The van der Waals surface area contributed by atoms with Gasteiger partial charge < -0.3 is 14.2 Å². The standard InChI is InChI=1S/C22H24N2O5/c1-4-28-21-14-17(9-12-20(21)27-3)19-6-5-13-24(23-19)22(26)16-7-10-18(11-8-16)29-15(2)25/h7-12,14H,4-6,13H2,1-3H3. The molecule has 152 valence electrons. The van der Waals surface area contributed by atoms with E-state index in [2.05, 4.69) is 5.10 Å². The number of hydrogen-bond donors (Lipinski definition) is 0. The fourth-order valence-corrected chi connectivity index (χ4v) is 3.10. The maximum absolute atomic E-state index is 12.8. The van der Waals surface area contributed by atoms with Crippen molar-refractivity contribution in [1.82, 2.24) is 5.01 Å². The Morgan fingerprint density at radius 2 is 1.86 bits per heavy atom. The minimum Gasteiger partial charge on any atom is -0.493 e. The Hall–Kier alpha value is -3.35. The van der Waals surface area contributed by atoms with E-state index in [1.807, 2.05) is 25.1 Å². The van der Waals surface area contributed by atoms with Crippen LogP contribution in [-0.2, 0) is 4.79 Å². The molecule has 2 aromatic carbocycles. The summed E-state index contributed by atoms with van der Waals surface area (Å²) in [6.45, 7) is 4.32.